The summed E-state index contributed by atoms with van der Waals surface area (Å²) in [5, 5.41) is 19.0. The van der Waals surface area contributed by atoms with Crippen molar-refractivity contribution in [2.24, 2.45) is 5.41 Å². The quantitative estimate of drug-likeness (QED) is 0.450. The van der Waals surface area contributed by atoms with Crippen LogP contribution in [0.15, 0.2) is 25.3 Å². The summed E-state index contributed by atoms with van der Waals surface area (Å²) in [4.78, 5) is 24.5. The predicted molar refractivity (Wildman–Crippen MR) is 74.2 cm³/mol. The fraction of sp³-hybridized carbons (Fsp3) is 0.500. The van der Waals surface area contributed by atoms with E-state index < -0.39 is 32.7 Å². The van der Waals surface area contributed by atoms with Crippen LogP contribution in [0.2, 0.25) is 0 Å². The SMILES string of the molecule is C=CCC1(CC=C)C(=O)OC2(OC1=O)SC(O)C(O)S2. The Morgan fingerprint density at radius 2 is 1.45 bits per heavy atom. The van der Waals surface area contributed by atoms with Gasteiger partial charge in [0.2, 0.25) is 0 Å². The lowest BCUT2D eigenvalue weighted by molar-refractivity contribution is -0.213. The summed E-state index contributed by atoms with van der Waals surface area (Å²) >= 11 is 1.34. The zero-order chi connectivity index (χ0) is 15.0. The van der Waals surface area contributed by atoms with Gasteiger partial charge in [-0.1, -0.05) is 12.2 Å². The molecule has 1 spiro atoms. The average Bonchev–Trinajstić information content (AvgIpc) is 2.61. The maximum Gasteiger partial charge on any atom is 0.363 e. The van der Waals surface area contributed by atoms with Gasteiger partial charge >= 0.3 is 16.4 Å². The van der Waals surface area contributed by atoms with E-state index in [0.29, 0.717) is 23.5 Å². The van der Waals surface area contributed by atoms with E-state index in [4.69, 9.17) is 9.47 Å². The lowest BCUT2D eigenvalue weighted by Crippen LogP contribution is -2.52. The molecule has 2 rings (SSSR count). The van der Waals surface area contributed by atoms with Crippen molar-refractivity contribution in [3.8, 4) is 0 Å². The molecular formula is C12H14O6S2. The van der Waals surface area contributed by atoms with Crippen LogP contribution in [0.1, 0.15) is 12.8 Å². The number of thioether (sulfide) groups is 2. The lowest BCUT2D eigenvalue weighted by Gasteiger charge is -2.39. The first-order valence-corrected chi connectivity index (χ1v) is 7.55. The molecule has 0 bridgehead atoms. The van der Waals surface area contributed by atoms with E-state index in [0.717, 1.165) is 0 Å². The van der Waals surface area contributed by atoms with Gasteiger partial charge in [0, 0.05) is 0 Å². The molecule has 2 N–H and O–H groups in total. The molecule has 8 heteroatoms. The smallest absolute Gasteiger partial charge is 0.363 e. The lowest BCUT2D eigenvalue weighted by atomic mass is 9.80. The topological polar surface area (TPSA) is 93.1 Å². The molecule has 0 aliphatic carbocycles. The Labute approximate surface area is 124 Å². The molecule has 2 aliphatic rings. The molecule has 20 heavy (non-hydrogen) atoms. The number of aliphatic hydroxyl groups excluding tert-OH is 2. The third-order valence-electron chi connectivity index (χ3n) is 2.98. The summed E-state index contributed by atoms with van der Waals surface area (Å²) in [5.41, 5.74) is -3.90. The maximum atomic E-state index is 12.3. The maximum absolute atomic E-state index is 12.3. The molecule has 2 unspecified atom stereocenters. The molecule has 0 saturated carbocycles. The Morgan fingerprint density at radius 3 is 1.80 bits per heavy atom. The number of esters is 2. The first-order chi connectivity index (χ1) is 9.39. The zero-order valence-corrected chi connectivity index (χ0v) is 12.1. The minimum atomic E-state index is -1.72. The summed E-state index contributed by atoms with van der Waals surface area (Å²) in [6, 6.07) is 0. The Bertz CT molecular complexity index is 421. The van der Waals surface area contributed by atoms with Crippen LogP contribution in [0, 0.1) is 5.41 Å². The van der Waals surface area contributed by atoms with E-state index in [1.54, 1.807) is 0 Å². The van der Waals surface area contributed by atoms with Crippen LogP contribution < -0.4 is 0 Å². The fourth-order valence-corrected chi connectivity index (χ4v) is 4.44. The number of hydrogen-bond acceptors (Lipinski definition) is 8. The van der Waals surface area contributed by atoms with Crippen molar-refractivity contribution in [3.05, 3.63) is 25.3 Å². The van der Waals surface area contributed by atoms with Crippen molar-refractivity contribution in [2.75, 3.05) is 0 Å². The summed E-state index contributed by atoms with van der Waals surface area (Å²) in [6.07, 6.45) is 2.99. The van der Waals surface area contributed by atoms with E-state index in [1.807, 2.05) is 0 Å². The number of aliphatic hydroxyl groups is 2. The Kier molecular flexibility index (Phi) is 4.19. The summed E-state index contributed by atoms with van der Waals surface area (Å²) in [5.74, 6) is -1.54. The first-order valence-electron chi connectivity index (χ1n) is 5.79. The van der Waals surface area contributed by atoms with E-state index in [1.165, 1.54) is 12.2 Å². The Hall–Kier alpha value is -0.960. The van der Waals surface area contributed by atoms with Crippen LogP contribution in [-0.2, 0) is 19.1 Å². The van der Waals surface area contributed by atoms with Crippen LogP contribution in [0.3, 0.4) is 0 Å². The third kappa shape index (κ3) is 2.37. The molecular weight excluding hydrogens is 304 g/mol. The minimum absolute atomic E-state index is 0.0627. The van der Waals surface area contributed by atoms with E-state index in [9.17, 15) is 19.8 Å². The Balaban J connectivity index is 2.28. The highest BCUT2D eigenvalue weighted by molar-refractivity contribution is 8.21. The molecule has 0 radical (unpaired) electrons. The van der Waals surface area contributed by atoms with E-state index >= 15 is 0 Å². The van der Waals surface area contributed by atoms with Crippen molar-refractivity contribution < 1.29 is 29.3 Å². The van der Waals surface area contributed by atoms with Crippen LogP contribution in [-0.4, -0.2) is 37.5 Å². The van der Waals surface area contributed by atoms with Crippen molar-refractivity contribution in [2.45, 2.75) is 28.2 Å². The number of ether oxygens (including phenoxy) is 2. The molecule has 0 aromatic rings. The normalized spacial score (nSPS) is 30.7. The van der Waals surface area contributed by atoms with Gasteiger partial charge in [0.25, 0.3) is 0 Å². The van der Waals surface area contributed by atoms with Gasteiger partial charge in [-0.05, 0) is 36.4 Å². The number of rotatable bonds is 4. The largest absolute Gasteiger partial charge is 0.402 e. The molecule has 2 atom stereocenters. The minimum Gasteiger partial charge on any atom is -0.402 e. The van der Waals surface area contributed by atoms with Crippen molar-refractivity contribution >= 4 is 35.5 Å². The highest BCUT2D eigenvalue weighted by Gasteiger charge is 2.63. The van der Waals surface area contributed by atoms with Crippen molar-refractivity contribution in [1.29, 1.82) is 0 Å². The average molecular weight is 318 g/mol. The van der Waals surface area contributed by atoms with Gasteiger partial charge in [0.1, 0.15) is 10.9 Å². The zero-order valence-electron chi connectivity index (χ0n) is 10.5. The van der Waals surface area contributed by atoms with Gasteiger partial charge in [-0.25, -0.2) is 0 Å². The predicted octanol–water partition coefficient (Wildman–Crippen LogP) is 0.953. The molecule has 2 aliphatic heterocycles. The molecule has 110 valence electrons. The first kappa shape index (κ1) is 15.4. The molecule has 2 fully saturated rings. The van der Waals surface area contributed by atoms with Crippen molar-refractivity contribution in [1.82, 2.24) is 0 Å². The second kappa shape index (κ2) is 5.44. The fourth-order valence-electron chi connectivity index (χ4n) is 1.97. The second-order valence-corrected chi connectivity index (χ2v) is 7.13. The molecule has 0 amide bonds. The monoisotopic (exact) mass is 318 g/mol. The highest BCUT2D eigenvalue weighted by atomic mass is 32.2. The van der Waals surface area contributed by atoms with Gasteiger partial charge in [0.15, 0.2) is 5.41 Å². The second-order valence-electron chi connectivity index (χ2n) is 4.36. The molecule has 6 nitrogen and oxygen atoms in total. The van der Waals surface area contributed by atoms with Crippen LogP contribution in [0.25, 0.3) is 0 Å². The number of carbonyl (C=O) groups excluding carboxylic acids is 2. The molecule has 2 saturated heterocycles. The van der Waals surface area contributed by atoms with Crippen LogP contribution in [0.5, 0.6) is 0 Å². The number of hydrogen-bond donors (Lipinski definition) is 2. The summed E-state index contributed by atoms with van der Waals surface area (Å²) < 4.78 is 8.67. The Morgan fingerprint density at radius 1 is 1.05 bits per heavy atom. The standard InChI is InChI=1S/C12H14O6S2/c1-3-5-11(6-4-2)9(15)17-12(18-10(11)16)19-7(13)8(14)20-12/h3-4,7-8,13-14H,1-2,5-6H2. The highest BCUT2D eigenvalue weighted by Crippen LogP contribution is 2.56. The number of carbonyl (C=O) groups is 2. The summed E-state index contributed by atoms with van der Waals surface area (Å²) in [7, 11) is 0. The summed E-state index contributed by atoms with van der Waals surface area (Å²) in [6.45, 7) is 7.05. The van der Waals surface area contributed by atoms with E-state index in [2.05, 4.69) is 13.2 Å². The van der Waals surface area contributed by atoms with Crippen LogP contribution >= 0.6 is 23.5 Å². The van der Waals surface area contributed by atoms with Gasteiger partial charge in [0.05, 0.1) is 0 Å². The van der Waals surface area contributed by atoms with Gasteiger partial charge in [-0.15, -0.1) is 13.2 Å². The van der Waals surface area contributed by atoms with Gasteiger partial charge < -0.3 is 19.7 Å². The third-order valence-corrected chi connectivity index (χ3v) is 5.64. The number of allylic oxidation sites excluding steroid dienone is 2. The molecule has 0 aromatic heterocycles. The van der Waals surface area contributed by atoms with Gasteiger partial charge in [-0.3, -0.25) is 9.59 Å². The van der Waals surface area contributed by atoms with Crippen molar-refractivity contribution in [3.63, 3.8) is 0 Å². The van der Waals surface area contributed by atoms with Crippen LogP contribution in [0.4, 0.5) is 0 Å². The molecule has 0 aromatic carbocycles. The molecule has 2 heterocycles. The van der Waals surface area contributed by atoms with Gasteiger partial charge in [-0.2, -0.15) is 0 Å². The van der Waals surface area contributed by atoms with E-state index in [-0.39, 0.29) is 12.8 Å².